The molecule has 1 heterocycles. The van der Waals surface area contributed by atoms with Crippen LogP contribution in [0.3, 0.4) is 0 Å². The molecule has 4 unspecified atom stereocenters. The van der Waals surface area contributed by atoms with E-state index in [1.165, 1.54) is 0 Å². The van der Waals surface area contributed by atoms with Gasteiger partial charge in [-0.1, -0.05) is 0 Å². The Kier molecular flexibility index (Phi) is 4.43. The molecule has 0 bridgehead atoms. The number of ether oxygens (including phenoxy) is 2. The molecule has 4 atom stereocenters. The van der Waals surface area contributed by atoms with E-state index in [4.69, 9.17) is 24.8 Å². The van der Waals surface area contributed by atoms with Gasteiger partial charge in [-0.2, -0.15) is 0 Å². The van der Waals surface area contributed by atoms with Gasteiger partial charge in [0.25, 0.3) is 0 Å². The number of carboxylic acid groups (broad SMARTS) is 1. The van der Waals surface area contributed by atoms with Crippen molar-refractivity contribution in [1.82, 2.24) is 0 Å². The number of aliphatic hydroxyl groups excluding tert-OH is 3. The first-order chi connectivity index (χ1) is 7.10. The molecule has 0 aromatic rings. The van der Waals surface area contributed by atoms with Crippen molar-refractivity contribution in [2.24, 2.45) is 5.92 Å². The van der Waals surface area contributed by atoms with Gasteiger partial charge in [0.2, 0.25) is 0 Å². The van der Waals surface area contributed by atoms with Gasteiger partial charge in [-0.05, 0) is 0 Å². The van der Waals surface area contributed by atoms with Gasteiger partial charge in [0.05, 0.1) is 25.2 Å². The molecule has 88 valence electrons. The molecule has 7 nitrogen and oxygen atoms in total. The summed E-state index contributed by atoms with van der Waals surface area (Å²) in [7, 11) is 0. The fourth-order valence-electron chi connectivity index (χ4n) is 1.45. The molecule has 0 aliphatic carbocycles. The minimum absolute atomic E-state index is 0.401. The minimum atomic E-state index is -1.17. The fraction of sp³-hybridized carbons (Fsp3) is 0.875. The molecule has 1 rings (SSSR count). The van der Waals surface area contributed by atoms with Crippen LogP contribution in [0.4, 0.5) is 0 Å². The molecule has 1 aliphatic rings. The fourth-order valence-corrected chi connectivity index (χ4v) is 1.45. The first-order valence-electron chi connectivity index (χ1n) is 4.48. The summed E-state index contributed by atoms with van der Waals surface area (Å²) in [6.45, 7) is -1.39. The van der Waals surface area contributed by atoms with Crippen molar-refractivity contribution in [2.45, 2.75) is 18.5 Å². The van der Waals surface area contributed by atoms with E-state index in [0.29, 0.717) is 0 Å². The highest BCUT2D eigenvalue weighted by Crippen LogP contribution is 2.27. The molecule has 0 aromatic heterocycles. The van der Waals surface area contributed by atoms with Gasteiger partial charge in [-0.3, -0.25) is 0 Å². The number of aliphatic carboxylic acids is 1. The second-order valence-electron chi connectivity index (χ2n) is 3.27. The lowest BCUT2D eigenvalue weighted by Crippen LogP contribution is -2.33. The van der Waals surface area contributed by atoms with Crippen LogP contribution in [0, 0.1) is 5.92 Å². The number of hydrogen-bond donors (Lipinski definition) is 4. The molecular formula is C8H14O7. The highest BCUT2D eigenvalue weighted by molar-refractivity contribution is 5.68. The maximum absolute atomic E-state index is 10.2. The van der Waals surface area contributed by atoms with Crippen LogP contribution in [0.1, 0.15) is 0 Å². The first kappa shape index (κ1) is 12.3. The van der Waals surface area contributed by atoms with Gasteiger partial charge in [0.1, 0.15) is 12.7 Å². The topological polar surface area (TPSA) is 116 Å². The van der Waals surface area contributed by atoms with Crippen LogP contribution in [0.15, 0.2) is 0 Å². The summed E-state index contributed by atoms with van der Waals surface area (Å²) >= 11 is 0. The van der Waals surface area contributed by atoms with Crippen molar-refractivity contribution >= 4 is 5.97 Å². The summed E-state index contributed by atoms with van der Waals surface area (Å²) < 4.78 is 9.85. The maximum Gasteiger partial charge on any atom is 0.329 e. The van der Waals surface area contributed by atoms with Crippen LogP contribution >= 0.6 is 0 Å². The van der Waals surface area contributed by atoms with Crippen molar-refractivity contribution in [3.8, 4) is 0 Å². The molecule has 1 aliphatic heterocycles. The number of rotatable bonds is 5. The molecule has 0 aromatic carbocycles. The third-order valence-corrected chi connectivity index (χ3v) is 2.24. The van der Waals surface area contributed by atoms with Crippen LogP contribution in [0.5, 0.6) is 0 Å². The van der Waals surface area contributed by atoms with E-state index in [2.05, 4.69) is 0 Å². The lowest BCUT2D eigenvalue weighted by molar-refractivity contribution is -0.176. The van der Waals surface area contributed by atoms with Crippen molar-refractivity contribution in [2.75, 3.05) is 19.8 Å². The lowest BCUT2D eigenvalue weighted by Gasteiger charge is -2.16. The van der Waals surface area contributed by atoms with Gasteiger partial charge in [-0.15, -0.1) is 0 Å². The summed E-state index contributed by atoms with van der Waals surface area (Å²) in [6, 6.07) is 0. The van der Waals surface area contributed by atoms with E-state index >= 15 is 0 Å². The largest absolute Gasteiger partial charge is 0.480 e. The smallest absolute Gasteiger partial charge is 0.329 e. The van der Waals surface area contributed by atoms with Gasteiger partial charge < -0.3 is 29.9 Å². The zero-order chi connectivity index (χ0) is 11.4. The standard InChI is InChI=1S/C8H14O7/c9-1-4-7(13)5(2-10)15-8(4)14-3-6(11)12/h4-5,7-10,13H,1-3H2,(H,11,12). The average Bonchev–Trinajstić information content (AvgIpc) is 2.51. The summed E-state index contributed by atoms with van der Waals surface area (Å²) in [6.07, 6.45) is -2.90. The Morgan fingerprint density at radius 3 is 2.47 bits per heavy atom. The molecule has 0 saturated carbocycles. The van der Waals surface area contributed by atoms with Gasteiger partial charge >= 0.3 is 5.97 Å². The zero-order valence-corrected chi connectivity index (χ0v) is 7.94. The molecule has 4 N–H and O–H groups in total. The SMILES string of the molecule is O=C(O)COC1OC(CO)C(O)C1CO. The van der Waals surface area contributed by atoms with Crippen LogP contribution in [0.2, 0.25) is 0 Å². The summed E-state index contributed by atoms with van der Waals surface area (Å²) in [4.78, 5) is 10.2. The number of hydrogen-bond acceptors (Lipinski definition) is 6. The molecule has 1 fully saturated rings. The maximum atomic E-state index is 10.2. The number of carboxylic acids is 1. The van der Waals surface area contributed by atoms with Crippen molar-refractivity contribution in [1.29, 1.82) is 0 Å². The van der Waals surface area contributed by atoms with E-state index in [1.807, 2.05) is 0 Å². The molecule has 7 heteroatoms. The Balaban J connectivity index is 2.52. The molecular weight excluding hydrogens is 208 g/mol. The zero-order valence-electron chi connectivity index (χ0n) is 7.94. The van der Waals surface area contributed by atoms with Crippen LogP contribution in [0.25, 0.3) is 0 Å². The summed E-state index contributed by atoms with van der Waals surface area (Å²) in [5, 5.41) is 35.6. The molecule has 0 spiro atoms. The number of aliphatic hydroxyl groups is 3. The van der Waals surface area contributed by atoms with Crippen molar-refractivity contribution in [3.05, 3.63) is 0 Å². The first-order valence-corrected chi connectivity index (χ1v) is 4.48. The van der Waals surface area contributed by atoms with Gasteiger partial charge in [0.15, 0.2) is 6.29 Å². The van der Waals surface area contributed by atoms with E-state index < -0.39 is 50.2 Å². The Morgan fingerprint density at radius 1 is 1.33 bits per heavy atom. The van der Waals surface area contributed by atoms with Crippen LogP contribution < -0.4 is 0 Å². The molecule has 1 saturated heterocycles. The second kappa shape index (κ2) is 5.38. The van der Waals surface area contributed by atoms with Gasteiger partial charge in [0, 0.05) is 0 Å². The van der Waals surface area contributed by atoms with Crippen molar-refractivity contribution in [3.63, 3.8) is 0 Å². The van der Waals surface area contributed by atoms with Crippen LogP contribution in [-0.2, 0) is 14.3 Å². The Hall–Kier alpha value is -0.730. The number of carbonyl (C=O) groups is 1. The predicted octanol–water partition coefficient (Wildman–Crippen LogP) is -2.23. The van der Waals surface area contributed by atoms with E-state index in [9.17, 15) is 9.90 Å². The van der Waals surface area contributed by atoms with Crippen LogP contribution in [-0.4, -0.2) is 64.7 Å². The quantitative estimate of drug-likeness (QED) is 0.416. The molecule has 0 amide bonds. The lowest BCUT2D eigenvalue weighted by atomic mass is 10.0. The van der Waals surface area contributed by atoms with Gasteiger partial charge in [-0.25, -0.2) is 4.79 Å². The van der Waals surface area contributed by atoms with E-state index in [0.717, 1.165) is 0 Å². The summed E-state index contributed by atoms with van der Waals surface area (Å²) in [5.74, 6) is -1.90. The predicted molar refractivity (Wildman–Crippen MR) is 45.9 cm³/mol. The minimum Gasteiger partial charge on any atom is -0.480 e. The van der Waals surface area contributed by atoms with E-state index in [1.54, 1.807) is 0 Å². The highest BCUT2D eigenvalue weighted by atomic mass is 16.7. The third kappa shape index (κ3) is 2.86. The molecule has 0 radical (unpaired) electrons. The average molecular weight is 222 g/mol. The molecule has 15 heavy (non-hydrogen) atoms. The van der Waals surface area contributed by atoms with Crippen molar-refractivity contribution < 1.29 is 34.7 Å². The normalized spacial score (nSPS) is 35.7. The second-order valence-corrected chi connectivity index (χ2v) is 3.27. The monoisotopic (exact) mass is 222 g/mol. The van der Waals surface area contributed by atoms with E-state index in [-0.39, 0.29) is 0 Å². The Bertz CT molecular complexity index is 219. The third-order valence-electron chi connectivity index (χ3n) is 2.24. The Morgan fingerprint density at radius 2 is 2.00 bits per heavy atom. The summed E-state index contributed by atoms with van der Waals surface area (Å²) in [5.41, 5.74) is 0. The Labute approximate surface area is 85.9 Å². The highest BCUT2D eigenvalue weighted by Gasteiger charge is 2.43.